The third-order valence-electron chi connectivity index (χ3n) is 4.12. The number of para-hydroxylation sites is 2. The van der Waals surface area contributed by atoms with Crippen LogP contribution < -0.4 is 15.4 Å². The van der Waals surface area contributed by atoms with Crippen LogP contribution in [0.25, 0.3) is 6.08 Å². The van der Waals surface area contributed by atoms with Crippen molar-refractivity contribution in [2.45, 2.75) is 4.34 Å². The van der Waals surface area contributed by atoms with Crippen LogP contribution >= 0.6 is 46.5 Å². The van der Waals surface area contributed by atoms with Crippen LogP contribution in [0.15, 0.2) is 62.8 Å². The van der Waals surface area contributed by atoms with Crippen molar-refractivity contribution in [3.63, 3.8) is 0 Å². The van der Waals surface area contributed by atoms with Crippen LogP contribution in [-0.4, -0.2) is 40.0 Å². The number of aromatic nitrogens is 2. The van der Waals surface area contributed by atoms with Gasteiger partial charge in [0, 0.05) is 5.02 Å². The number of carbonyl (C=O) groups excluding carboxylic acids is 2. The molecule has 1 aliphatic rings. The number of hydrogen-bond donors (Lipinski definition) is 2. The number of amides is 2. The fourth-order valence-corrected chi connectivity index (χ4v) is 5.17. The third-order valence-corrected chi connectivity index (χ3v) is 7.23. The molecule has 1 aromatic heterocycles. The van der Waals surface area contributed by atoms with E-state index in [1.807, 2.05) is 24.3 Å². The minimum atomic E-state index is -0.235. The van der Waals surface area contributed by atoms with E-state index in [1.165, 1.54) is 34.9 Å². The molecule has 0 unspecified atom stereocenters. The molecule has 8 nitrogen and oxygen atoms in total. The van der Waals surface area contributed by atoms with E-state index in [4.69, 9.17) is 16.3 Å². The number of benzene rings is 2. The van der Waals surface area contributed by atoms with Gasteiger partial charge in [0.1, 0.15) is 5.75 Å². The van der Waals surface area contributed by atoms with Crippen LogP contribution in [0.1, 0.15) is 5.56 Å². The van der Waals surface area contributed by atoms with Crippen LogP contribution in [0.2, 0.25) is 5.02 Å². The average Bonchev–Trinajstić information content (AvgIpc) is 3.40. The van der Waals surface area contributed by atoms with Crippen LogP contribution in [0, 0.1) is 0 Å². The molecule has 3 aromatic rings. The van der Waals surface area contributed by atoms with E-state index in [0.717, 1.165) is 5.56 Å². The lowest BCUT2D eigenvalue weighted by Gasteiger charge is -2.08. The van der Waals surface area contributed by atoms with E-state index in [9.17, 15) is 9.59 Å². The number of methoxy groups -OCH3 is 1. The molecule has 0 aliphatic carbocycles. The van der Waals surface area contributed by atoms with E-state index < -0.39 is 0 Å². The zero-order valence-electron chi connectivity index (χ0n) is 17.1. The predicted molar refractivity (Wildman–Crippen MR) is 135 cm³/mol. The molecule has 2 heterocycles. The first kappa shape index (κ1) is 23.3. The molecule has 2 amide bonds. The Morgan fingerprint density at radius 3 is 2.82 bits per heavy atom. The monoisotopic (exact) mass is 517 g/mol. The van der Waals surface area contributed by atoms with Gasteiger partial charge in [0.15, 0.2) is 9.51 Å². The standard InChI is InChI=1S/C21H16ClN5O3S3/c1-30-15-5-3-2-4-14(15)23-17(28)11-31-21-27-26-20(33-21)25-19-24-18(29)16(32-19)10-12-6-8-13(22)9-7-12/h2-10H,11H2,1H3,(H,23,28)(H,24,25,26,29)/b16-10-. The maximum atomic E-state index is 12.3. The van der Waals surface area contributed by atoms with Gasteiger partial charge in [0.05, 0.1) is 23.5 Å². The molecule has 1 fully saturated rings. The Bertz CT molecular complexity index is 1240. The van der Waals surface area contributed by atoms with Gasteiger partial charge in [0.25, 0.3) is 5.91 Å². The van der Waals surface area contributed by atoms with Gasteiger partial charge in [-0.15, -0.1) is 10.2 Å². The van der Waals surface area contributed by atoms with Crippen molar-refractivity contribution in [3.8, 4) is 5.75 Å². The van der Waals surface area contributed by atoms with Gasteiger partial charge in [-0.1, -0.05) is 59.0 Å². The highest BCUT2D eigenvalue weighted by Crippen LogP contribution is 2.32. The average molecular weight is 518 g/mol. The summed E-state index contributed by atoms with van der Waals surface area (Å²) in [4.78, 5) is 29.4. The van der Waals surface area contributed by atoms with Crippen molar-refractivity contribution in [2.75, 3.05) is 18.2 Å². The van der Waals surface area contributed by atoms with E-state index in [1.54, 1.807) is 37.5 Å². The molecule has 2 aromatic carbocycles. The first-order chi connectivity index (χ1) is 16.0. The number of amidine groups is 1. The number of halogens is 1. The summed E-state index contributed by atoms with van der Waals surface area (Å²) in [5.41, 5.74) is 1.46. The Balaban J connectivity index is 1.34. The fraction of sp³-hybridized carbons (Fsp3) is 0.0952. The summed E-state index contributed by atoms with van der Waals surface area (Å²) in [5, 5.41) is 15.0. The molecule has 0 radical (unpaired) electrons. The van der Waals surface area contributed by atoms with Crippen molar-refractivity contribution in [3.05, 3.63) is 64.0 Å². The topological polar surface area (TPSA) is 106 Å². The van der Waals surface area contributed by atoms with Crippen LogP contribution in [0.4, 0.5) is 10.8 Å². The second-order valence-corrected chi connectivity index (χ2v) is 10.1. The molecular formula is C21H16ClN5O3S3. The van der Waals surface area contributed by atoms with Gasteiger partial charge in [0.2, 0.25) is 11.0 Å². The number of carbonyl (C=O) groups is 2. The Labute approximate surface area is 206 Å². The molecule has 0 atom stereocenters. The predicted octanol–water partition coefficient (Wildman–Crippen LogP) is 4.82. The van der Waals surface area contributed by atoms with E-state index in [2.05, 4.69) is 25.8 Å². The van der Waals surface area contributed by atoms with Crippen molar-refractivity contribution in [1.82, 2.24) is 15.5 Å². The molecule has 0 saturated carbocycles. The first-order valence-electron chi connectivity index (χ1n) is 9.44. The number of hydrogen-bond acceptors (Lipinski definition) is 9. The normalized spacial score (nSPS) is 15.6. The summed E-state index contributed by atoms with van der Waals surface area (Å²) >= 11 is 9.60. The van der Waals surface area contributed by atoms with Gasteiger partial charge in [-0.3, -0.25) is 9.59 Å². The van der Waals surface area contributed by atoms with E-state index in [0.29, 0.717) is 36.0 Å². The Hall–Kier alpha value is -2.86. The lowest BCUT2D eigenvalue weighted by Crippen LogP contribution is -2.19. The van der Waals surface area contributed by atoms with Crippen LogP contribution in [0.3, 0.4) is 0 Å². The van der Waals surface area contributed by atoms with E-state index in [-0.39, 0.29) is 17.6 Å². The number of thioether (sulfide) groups is 2. The second kappa shape index (κ2) is 10.8. The van der Waals surface area contributed by atoms with Crippen molar-refractivity contribution in [1.29, 1.82) is 0 Å². The van der Waals surface area contributed by atoms with Gasteiger partial charge in [-0.05, 0) is 47.7 Å². The van der Waals surface area contributed by atoms with Crippen molar-refractivity contribution in [2.24, 2.45) is 4.99 Å². The summed E-state index contributed by atoms with van der Waals surface area (Å²) in [6, 6.07) is 14.4. The molecule has 33 heavy (non-hydrogen) atoms. The Kier molecular flexibility index (Phi) is 7.65. The number of rotatable bonds is 7. The molecule has 0 spiro atoms. The molecule has 1 aliphatic heterocycles. The number of nitrogens with zero attached hydrogens (tertiary/aromatic N) is 3. The summed E-state index contributed by atoms with van der Waals surface area (Å²) in [6.45, 7) is 0. The molecule has 2 N–H and O–H groups in total. The number of ether oxygens (including phenoxy) is 1. The van der Waals surface area contributed by atoms with E-state index >= 15 is 0 Å². The highest BCUT2D eigenvalue weighted by molar-refractivity contribution is 8.18. The maximum Gasteiger partial charge on any atom is 0.264 e. The molecule has 168 valence electrons. The summed E-state index contributed by atoms with van der Waals surface area (Å²) in [5.74, 6) is 0.317. The lowest BCUT2D eigenvalue weighted by molar-refractivity contribution is -0.115. The van der Waals surface area contributed by atoms with Crippen molar-refractivity contribution < 1.29 is 14.3 Å². The summed E-state index contributed by atoms with van der Waals surface area (Å²) in [7, 11) is 1.55. The number of nitrogens with one attached hydrogen (secondary N) is 2. The second-order valence-electron chi connectivity index (χ2n) is 6.42. The molecular weight excluding hydrogens is 502 g/mol. The van der Waals surface area contributed by atoms with Gasteiger partial charge in [-0.2, -0.15) is 4.99 Å². The quantitative estimate of drug-likeness (QED) is 0.342. The minimum absolute atomic E-state index is 0.155. The lowest BCUT2D eigenvalue weighted by atomic mass is 10.2. The Morgan fingerprint density at radius 1 is 1.24 bits per heavy atom. The van der Waals surface area contributed by atoms with Gasteiger partial charge < -0.3 is 15.4 Å². The van der Waals surface area contributed by atoms with Crippen LogP contribution in [0.5, 0.6) is 5.75 Å². The highest BCUT2D eigenvalue weighted by atomic mass is 35.5. The Morgan fingerprint density at radius 2 is 2.03 bits per heavy atom. The molecule has 12 heteroatoms. The SMILES string of the molecule is COc1ccccc1NC(=O)CSc1nnc(N=C2NC(=O)/C(=C/c3ccc(Cl)cc3)S2)s1. The minimum Gasteiger partial charge on any atom is -0.495 e. The first-order valence-corrected chi connectivity index (χ1v) is 12.4. The van der Waals surface area contributed by atoms with Crippen LogP contribution in [-0.2, 0) is 9.59 Å². The van der Waals surface area contributed by atoms with Gasteiger partial charge in [-0.25, -0.2) is 0 Å². The molecule has 4 rings (SSSR count). The third kappa shape index (κ3) is 6.35. The summed E-state index contributed by atoms with van der Waals surface area (Å²) < 4.78 is 5.82. The number of anilines is 1. The zero-order chi connectivity index (χ0) is 23.2. The smallest absolute Gasteiger partial charge is 0.264 e. The zero-order valence-corrected chi connectivity index (χ0v) is 20.3. The molecule has 1 saturated heterocycles. The molecule has 0 bridgehead atoms. The number of aliphatic imine (C=N–C) groups is 1. The highest BCUT2D eigenvalue weighted by Gasteiger charge is 2.24. The van der Waals surface area contributed by atoms with Gasteiger partial charge >= 0.3 is 0 Å². The maximum absolute atomic E-state index is 12.3. The fourth-order valence-electron chi connectivity index (χ4n) is 2.65. The van der Waals surface area contributed by atoms with Crippen molar-refractivity contribution >= 4 is 80.3 Å². The largest absolute Gasteiger partial charge is 0.495 e. The summed E-state index contributed by atoms with van der Waals surface area (Å²) in [6.07, 6.45) is 1.76.